The quantitative estimate of drug-likeness (QED) is 0.266. The predicted octanol–water partition coefficient (Wildman–Crippen LogP) is 6.69. The minimum absolute atomic E-state index is 0.0241. The van der Waals surface area contributed by atoms with Gasteiger partial charge < -0.3 is 5.32 Å². The fourth-order valence-corrected chi connectivity index (χ4v) is 5.33. The number of nitrogens with one attached hydrogen (secondary N) is 1. The average Bonchev–Trinajstić information content (AvgIpc) is 3.27. The second-order valence-electron chi connectivity index (χ2n) is 7.99. The van der Waals surface area contributed by atoms with E-state index in [4.69, 9.17) is 0 Å². The summed E-state index contributed by atoms with van der Waals surface area (Å²) in [6.07, 6.45) is 0.678. The van der Waals surface area contributed by atoms with Gasteiger partial charge in [0.1, 0.15) is 5.82 Å². The summed E-state index contributed by atoms with van der Waals surface area (Å²) < 4.78 is 2.06. The topological polar surface area (TPSA) is 59.8 Å². The summed E-state index contributed by atoms with van der Waals surface area (Å²) >= 11 is 3.18. The van der Waals surface area contributed by atoms with Crippen LogP contribution in [0.25, 0.3) is 5.69 Å². The molecule has 1 N–H and O–H groups in total. The number of benzene rings is 3. The predicted molar refractivity (Wildman–Crippen MR) is 142 cm³/mol. The molecule has 3 aromatic carbocycles. The average molecular weight is 489 g/mol. The molecule has 0 aliphatic rings. The normalized spacial score (nSPS) is 11.9. The van der Waals surface area contributed by atoms with Crippen molar-refractivity contribution in [3.05, 3.63) is 95.8 Å². The van der Waals surface area contributed by atoms with Crippen LogP contribution in [0.15, 0.2) is 88.9 Å². The summed E-state index contributed by atoms with van der Waals surface area (Å²) in [6.45, 7) is 6.06. The highest BCUT2D eigenvalue weighted by Crippen LogP contribution is 2.31. The molecule has 1 heterocycles. The van der Waals surface area contributed by atoms with Gasteiger partial charge in [-0.3, -0.25) is 9.36 Å². The number of hydrogen-bond acceptors (Lipinski definition) is 5. The van der Waals surface area contributed by atoms with Crippen LogP contribution in [0.5, 0.6) is 0 Å². The highest BCUT2D eigenvalue weighted by Gasteiger charge is 2.24. The first kappa shape index (κ1) is 24.1. The molecule has 174 valence electrons. The number of aryl methyl sites for hydroxylation is 2. The molecule has 4 aromatic rings. The van der Waals surface area contributed by atoms with Crippen molar-refractivity contribution in [3.63, 3.8) is 0 Å². The lowest BCUT2D eigenvalue weighted by Gasteiger charge is -2.17. The summed E-state index contributed by atoms with van der Waals surface area (Å²) in [6, 6.07) is 26.4. The number of hydrogen-bond donors (Lipinski definition) is 1. The highest BCUT2D eigenvalue weighted by molar-refractivity contribution is 8.00. The molecule has 0 aliphatic heterocycles. The Labute approximate surface area is 209 Å². The molecule has 0 saturated heterocycles. The standard InChI is InChI=1S/C27H28N4OS2/c1-4-24(26(32)28-23-17-19(2)15-16-20(23)3)34-27-30-29-25(18-33-22-13-9-6-10-14-22)31(27)21-11-7-5-8-12-21/h5-17,24H,4,18H2,1-3H3,(H,28,32). The fourth-order valence-electron chi connectivity index (χ4n) is 3.50. The number of carbonyl (C=O) groups is 1. The maximum absolute atomic E-state index is 13.2. The lowest BCUT2D eigenvalue weighted by Crippen LogP contribution is -2.25. The van der Waals surface area contributed by atoms with Crippen LogP contribution in [0.4, 0.5) is 5.69 Å². The zero-order valence-corrected chi connectivity index (χ0v) is 21.2. The maximum atomic E-state index is 13.2. The van der Waals surface area contributed by atoms with Crippen LogP contribution in [0, 0.1) is 13.8 Å². The van der Waals surface area contributed by atoms with E-state index in [0.717, 1.165) is 33.5 Å². The Kier molecular flexibility index (Phi) is 8.08. The zero-order chi connectivity index (χ0) is 23.9. The van der Waals surface area contributed by atoms with Gasteiger partial charge >= 0.3 is 0 Å². The molecule has 1 atom stereocenters. The molecule has 0 radical (unpaired) electrons. The second-order valence-corrected chi connectivity index (χ2v) is 10.2. The smallest absolute Gasteiger partial charge is 0.237 e. The van der Waals surface area contributed by atoms with Crippen LogP contribution in [0.1, 0.15) is 30.3 Å². The van der Waals surface area contributed by atoms with Gasteiger partial charge in [0.15, 0.2) is 5.16 Å². The van der Waals surface area contributed by atoms with E-state index >= 15 is 0 Å². The van der Waals surface area contributed by atoms with Gasteiger partial charge in [-0.1, -0.05) is 67.2 Å². The summed E-state index contributed by atoms with van der Waals surface area (Å²) in [5.41, 5.74) is 4.01. The molecular weight excluding hydrogens is 460 g/mol. The van der Waals surface area contributed by atoms with Gasteiger partial charge in [-0.2, -0.15) is 0 Å². The Balaban J connectivity index is 1.57. The third-order valence-corrected chi connectivity index (χ3v) is 7.70. The molecule has 7 heteroatoms. The molecule has 1 unspecified atom stereocenters. The lowest BCUT2D eigenvalue weighted by molar-refractivity contribution is -0.115. The molecule has 1 aromatic heterocycles. The van der Waals surface area contributed by atoms with Gasteiger partial charge in [-0.25, -0.2) is 0 Å². The van der Waals surface area contributed by atoms with Crippen molar-refractivity contribution < 1.29 is 4.79 Å². The molecule has 34 heavy (non-hydrogen) atoms. The van der Waals surface area contributed by atoms with Crippen LogP contribution >= 0.6 is 23.5 Å². The van der Waals surface area contributed by atoms with Gasteiger partial charge in [0.25, 0.3) is 0 Å². The van der Waals surface area contributed by atoms with E-state index in [2.05, 4.69) is 32.2 Å². The van der Waals surface area contributed by atoms with Crippen LogP contribution in [0.3, 0.4) is 0 Å². The van der Waals surface area contributed by atoms with Crippen LogP contribution in [0.2, 0.25) is 0 Å². The largest absolute Gasteiger partial charge is 0.325 e. The minimum atomic E-state index is -0.291. The van der Waals surface area contributed by atoms with E-state index in [0.29, 0.717) is 12.2 Å². The molecule has 0 fully saturated rings. The molecular formula is C27H28N4OS2. The SMILES string of the molecule is CCC(Sc1nnc(CSc2ccccc2)n1-c1ccccc1)C(=O)Nc1cc(C)ccc1C. The van der Waals surface area contributed by atoms with E-state index in [1.54, 1.807) is 11.8 Å². The van der Waals surface area contributed by atoms with E-state index in [-0.39, 0.29) is 11.2 Å². The number of anilines is 1. The molecule has 0 aliphatic carbocycles. The van der Waals surface area contributed by atoms with Crippen LogP contribution < -0.4 is 5.32 Å². The molecule has 0 spiro atoms. The zero-order valence-electron chi connectivity index (χ0n) is 19.6. The van der Waals surface area contributed by atoms with Crippen molar-refractivity contribution in [2.75, 3.05) is 5.32 Å². The van der Waals surface area contributed by atoms with Gasteiger partial charge in [0.05, 0.1) is 11.0 Å². The molecule has 5 nitrogen and oxygen atoms in total. The Morgan fingerprint density at radius 2 is 1.68 bits per heavy atom. The third-order valence-electron chi connectivity index (χ3n) is 5.39. The number of rotatable bonds is 9. The van der Waals surface area contributed by atoms with Crippen molar-refractivity contribution in [3.8, 4) is 5.69 Å². The second kappa shape index (κ2) is 11.4. The first-order valence-corrected chi connectivity index (χ1v) is 13.1. The Morgan fingerprint density at radius 1 is 0.971 bits per heavy atom. The van der Waals surface area contributed by atoms with Crippen molar-refractivity contribution >= 4 is 35.1 Å². The maximum Gasteiger partial charge on any atom is 0.237 e. The summed E-state index contributed by atoms with van der Waals surface area (Å²) in [4.78, 5) is 14.4. The third kappa shape index (κ3) is 5.90. The van der Waals surface area contributed by atoms with Crippen molar-refractivity contribution in [2.45, 2.75) is 48.2 Å². The Hall–Kier alpha value is -3.03. The van der Waals surface area contributed by atoms with Crippen molar-refractivity contribution in [2.24, 2.45) is 0 Å². The van der Waals surface area contributed by atoms with E-state index in [1.807, 2.05) is 87.5 Å². The van der Waals surface area contributed by atoms with Gasteiger partial charge in [0.2, 0.25) is 5.91 Å². The van der Waals surface area contributed by atoms with Gasteiger partial charge in [0, 0.05) is 16.3 Å². The first-order valence-electron chi connectivity index (χ1n) is 11.3. The van der Waals surface area contributed by atoms with Gasteiger partial charge in [-0.15, -0.1) is 22.0 Å². The van der Waals surface area contributed by atoms with Crippen LogP contribution in [-0.4, -0.2) is 25.9 Å². The molecule has 1 amide bonds. The number of aromatic nitrogens is 3. The molecule has 0 bridgehead atoms. The summed E-state index contributed by atoms with van der Waals surface area (Å²) in [7, 11) is 0. The first-order chi connectivity index (χ1) is 16.5. The summed E-state index contributed by atoms with van der Waals surface area (Å²) in [5.74, 6) is 1.51. The van der Waals surface area contributed by atoms with Crippen molar-refractivity contribution in [1.82, 2.24) is 14.8 Å². The fraction of sp³-hybridized carbons (Fsp3) is 0.222. The Morgan fingerprint density at radius 3 is 2.38 bits per heavy atom. The van der Waals surface area contributed by atoms with Gasteiger partial charge in [-0.05, 0) is 61.7 Å². The van der Waals surface area contributed by atoms with E-state index < -0.39 is 0 Å². The number of amides is 1. The highest BCUT2D eigenvalue weighted by atomic mass is 32.2. The minimum Gasteiger partial charge on any atom is -0.325 e. The van der Waals surface area contributed by atoms with E-state index in [9.17, 15) is 4.79 Å². The molecule has 4 rings (SSSR count). The van der Waals surface area contributed by atoms with Crippen LogP contribution in [-0.2, 0) is 10.5 Å². The summed E-state index contributed by atoms with van der Waals surface area (Å²) in [5, 5.41) is 12.5. The Bertz CT molecular complexity index is 1240. The number of nitrogens with zero attached hydrogens (tertiary/aromatic N) is 3. The lowest BCUT2D eigenvalue weighted by atomic mass is 10.1. The van der Waals surface area contributed by atoms with Crippen molar-refractivity contribution in [1.29, 1.82) is 0 Å². The monoisotopic (exact) mass is 488 g/mol. The number of thioether (sulfide) groups is 2. The number of para-hydroxylation sites is 1. The molecule has 0 saturated carbocycles. The van der Waals surface area contributed by atoms with E-state index in [1.165, 1.54) is 16.7 Å². The number of carbonyl (C=O) groups excluding carboxylic acids is 1.